The highest BCUT2D eigenvalue weighted by molar-refractivity contribution is 7.47. The maximum absolute atomic E-state index is 13.1. The lowest BCUT2D eigenvalue weighted by Crippen LogP contribution is -2.46. The monoisotopic (exact) mass is 1080 g/mol. The Morgan fingerprint density at radius 1 is 0.453 bits per heavy atom. The van der Waals surface area contributed by atoms with Crippen molar-refractivity contribution in [2.45, 2.75) is 341 Å². The van der Waals surface area contributed by atoms with E-state index < -0.39 is 20.0 Å². The van der Waals surface area contributed by atoms with Gasteiger partial charge in [-0.15, -0.1) is 0 Å². The van der Waals surface area contributed by atoms with E-state index in [0.29, 0.717) is 23.9 Å². The average Bonchev–Trinajstić information content (AvgIpc) is 3.37. The van der Waals surface area contributed by atoms with Crippen molar-refractivity contribution in [3.63, 3.8) is 0 Å². The van der Waals surface area contributed by atoms with Gasteiger partial charge in [0.15, 0.2) is 0 Å². The quantitative estimate of drug-likeness (QED) is 0.0243. The SMILES string of the molecule is CCCCCCC/C=C\C/C=C\C/C=C\CCCCCCCCCCCCCCCCC(=O)NC(COP(=O)(O)OCC[N+](C)(C)C)C(O)CCCCCCCCCCCCCCCCCCCCCCCCCC. The van der Waals surface area contributed by atoms with Crippen LogP contribution in [0.2, 0.25) is 0 Å². The minimum Gasteiger partial charge on any atom is -0.391 e. The Hall–Kier alpha value is -1.28. The molecule has 0 aliphatic carbocycles. The Bertz CT molecular complexity index is 1320. The summed E-state index contributed by atoms with van der Waals surface area (Å²) in [6, 6.07) is -0.762. The van der Waals surface area contributed by atoms with Crippen LogP contribution in [-0.4, -0.2) is 73.4 Å². The molecule has 1 amide bonds. The smallest absolute Gasteiger partial charge is 0.391 e. The summed E-state index contributed by atoms with van der Waals surface area (Å²) in [6.45, 7) is 4.92. The van der Waals surface area contributed by atoms with Crippen LogP contribution in [0, 0.1) is 0 Å². The number of quaternary nitrogens is 1. The molecule has 0 aromatic rings. The van der Waals surface area contributed by atoms with Gasteiger partial charge < -0.3 is 19.8 Å². The Kier molecular flexibility index (Phi) is 56.4. The Morgan fingerprint density at radius 3 is 1.11 bits per heavy atom. The molecule has 75 heavy (non-hydrogen) atoms. The van der Waals surface area contributed by atoms with Crippen LogP contribution in [0.25, 0.3) is 0 Å². The highest BCUT2D eigenvalue weighted by atomic mass is 31.2. The van der Waals surface area contributed by atoms with Crippen molar-refractivity contribution in [1.82, 2.24) is 5.32 Å². The number of phosphoric acid groups is 1. The molecule has 0 bridgehead atoms. The van der Waals surface area contributed by atoms with Crippen LogP contribution in [0.5, 0.6) is 0 Å². The van der Waals surface area contributed by atoms with Crippen LogP contribution in [0.4, 0.5) is 0 Å². The van der Waals surface area contributed by atoms with E-state index in [2.05, 4.69) is 55.6 Å². The summed E-state index contributed by atoms with van der Waals surface area (Å²) in [5, 5.41) is 14.1. The summed E-state index contributed by atoms with van der Waals surface area (Å²) in [7, 11) is 1.63. The third-order valence-electron chi connectivity index (χ3n) is 15.1. The summed E-state index contributed by atoms with van der Waals surface area (Å²) in [5.74, 6) is -0.140. The van der Waals surface area contributed by atoms with Crippen LogP contribution in [0.15, 0.2) is 36.5 Å². The van der Waals surface area contributed by atoms with E-state index in [4.69, 9.17) is 9.05 Å². The zero-order valence-corrected chi connectivity index (χ0v) is 51.7. The number of nitrogens with zero attached hydrogens (tertiary/aromatic N) is 1. The fraction of sp³-hybridized carbons (Fsp3) is 0.894. The first-order valence-corrected chi connectivity index (χ1v) is 34.3. The number of unbranched alkanes of at least 4 members (excludes halogenated alkanes) is 42. The lowest BCUT2D eigenvalue weighted by molar-refractivity contribution is -0.870. The van der Waals surface area contributed by atoms with Gasteiger partial charge in [-0.3, -0.25) is 13.8 Å². The Balaban J connectivity index is 4.07. The van der Waals surface area contributed by atoms with E-state index in [9.17, 15) is 19.4 Å². The summed E-state index contributed by atoms with van der Waals surface area (Å²) in [4.78, 5) is 23.4. The molecule has 0 rings (SSSR count). The first-order valence-electron chi connectivity index (χ1n) is 32.9. The number of carbonyl (C=O) groups is 1. The molecule has 0 spiro atoms. The highest BCUT2D eigenvalue weighted by Gasteiger charge is 2.28. The molecule has 0 aliphatic heterocycles. The fourth-order valence-electron chi connectivity index (χ4n) is 10.00. The van der Waals surface area contributed by atoms with Crippen LogP contribution in [0.1, 0.15) is 328 Å². The molecule has 0 aromatic heterocycles. The minimum atomic E-state index is -4.33. The molecule has 0 saturated heterocycles. The second-order valence-corrected chi connectivity index (χ2v) is 25.3. The van der Waals surface area contributed by atoms with Crippen LogP contribution < -0.4 is 5.32 Å². The first-order chi connectivity index (χ1) is 36.5. The molecule has 3 atom stereocenters. The molecular formula is C66H130N2O6P+. The number of amides is 1. The lowest BCUT2D eigenvalue weighted by Gasteiger charge is -2.26. The number of aliphatic hydroxyl groups is 1. The predicted octanol–water partition coefficient (Wildman–Crippen LogP) is 20.5. The van der Waals surface area contributed by atoms with E-state index in [0.717, 1.165) is 51.4 Å². The summed E-state index contributed by atoms with van der Waals surface area (Å²) in [6.07, 6.45) is 75.1. The van der Waals surface area contributed by atoms with E-state index in [1.54, 1.807) is 0 Å². The molecular weight excluding hydrogens is 948 g/mol. The second-order valence-electron chi connectivity index (χ2n) is 23.9. The molecule has 0 aliphatic rings. The standard InChI is InChI=1S/C66H129N2O6P/c1-6-8-10-12-14-16-18-20-22-24-26-28-30-32-33-34-35-36-38-40-42-44-46-48-50-52-54-56-58-60-66(70)67-64(63-74-75(71,72)73-62-61-68(3,4)5)65(69)59-57-55-53-51-49-47-45-43-41-39-37-31-29-27-25-23-21-19-17-15-13-11-9-7-2/h18,20,24,26,30,32,64-65,69H,6-17,19,21-23,25,27-29,31,33-63H2,1-5H3,(H-,67,70,71,72)/p+1/b20-18-,26-24-,32-30-. The summed E-state index contributed by atoms with van der Waals surface area (Å²) in [5.41, 5.74) is 0. The van der Waals surface area contributed by atoms with Crippen LogP contribution in [0.3, 0.4) is 0 Å². The van der Waals surface area contributed by atoms with Gasteiger partial charge in [0.1, 0.15) is 13.2 Å². The van der Waals surface area contributed by atoms with Crippen molar-refractivity contribution in [2.24, 2.45) is 0 Å². The van der Waals surface area contributed by atoms with Crippen molar-refractivity contribution in [1.29, 1.82) is 0 Å². The van der Waals surface area contributed by atoms with Crippen LogP contribution >= 0.6 is 7.82 Å². The molecule has 3 N–H and O–H groups in total. The van der Waals surface area contributed by atoms with Gasteiger partial charge in [-0.05, 0) is 51.4 Å². The number of hydrogen-bond donors (Lipinski definition) is 3. The summed E-state index contributed by atoms with van der Waals surface area (Å²) >= 11 is 0. The number of phosphoric ester groups is 1. The van der Waals surface area contributed by atoms with Crippen LogP contribution in [-0.2, 0) is 18.4 Å². The van der Waals surface area contributed by atoms with Gasteiger partial charge in [-0.25, -0.2) is 4.57 Å². The maximum atomic E-state index is 13.1. The molecule has 0 radical (unpaired) electrons. The van der Waals surface area contributed by atoms with Gasteiger partial charge in [0.05, 0.1) is 39.9 Å². The van der Waals surface area contributed by atoms with Crippen molar-refractivity contribution in [3.8, 4) is 0 Å². The fourth-order valence-corrected chi connectivity index (χ4v) is 10.7. The van der Waals surface area contributed by atoms with E-state index in [1.807, 2.05) is 21.1 Å². The molecule has 3 unspecified atom stereocenters. The van der Waals surface area contributed by atoms with Gasteiger partial charge >= 0.3 is 7.82 Å². The van der Waals surface area contributed by atoms with Crippen molar-refractivity contribution in [3.05, 3.63) is 36.5 Å². The predicted molar refractivity (Wildman–Crippen MR) is 328 cm³/mol. The highest BCUT2D eigenvalue weighted by Crippen LogP contribution is 2.43. The number of hydrogen-bond acceptors (Lipinski definition) is 5. The first kappa shape index (κ1) is 73.7. The summed E-state index contributed by atoms with van der Waals surface area (Å²) < 4.78 is 23.9. The van der Waals surface area contributed by atoms with Gasteiger partial charge in [0.25, 0.3) is 0 Å². The van der Waals surface area contributed by atoms with Gasteiger partial charge in [0, 0.05) is 6.42 Å². The van der Waals surface area contributed by atoms with Gasteiger partial charge in [-0.2, -0.15) is 0 Å². The topological polar surface area (TPSA) is 105 Å². The maximum Gasteiger partial charge on any atom is 0.472 e. The third kappa shape index (κ3) is 60.2. The lowest BCUT2D eigenvalue weighted by atomic mass is 10.0. The second kappa shape index (κ2) is 57.4. The zero-order chi connectivity index (χ0) is 54.9. The number of aliphatic hydroxyl groups excluding tert-OH is 1. The van der Waals surface area contributed by atoms with Gasteiger partial charge in [-0.1, -0.05) is 307 Å². The van der Waals surface area contributed by atoms with E-state index in [1.165, 1.54) is 250 Å². The normalized spacial score (nSPS) is 14.0. The van der Waals surface area contributed by atoms with E-state index in [-0.39, 0.29) is 19.1 Å². The minimum absolute atomic E-state index is 0.0756. The Labute approximate surface area is 467 Å². The molecule has 0 aromatic carbocycles. The number of nitrogens with one attached hydrogen (secondary N) is 1. The molecule has 0 heterocycles. The van der Waals surface area contributed by atoms with Crippen molar-refractivity contribution < 1.29 is 32.9 Å². The molecule has 0 fully saturated rings. The van der Waals surface area contributed by atoms with Gasteiger partial charge in [0.2, 0.25) is 5.91 Å². The number of rotatable bonds is 61. The molecule has 9 heteroatoms. The molecule has 0 saturated carbocycles. The number of likely N-dealkylation sites (N-methyl/N-ethyl adjacent to an activating group) is 1. The number of allylic oxidation sites excluding steroid dienone is 6. The third-order valence-corrected chi connectivity index (χ3v) is 16.1. The van der Waals surface area contributed by atoms with E-state index >= 15 is 0 Å². The Morgan fingerprint density at radius 2 is 0.760 bits per heavy atom. The zero-order valence-electron chi connectivity index (χ0n) is 50.8. The largest absolute Gasteiger partial charge is 0.472 e. The molecule has 8 nitrogen and oxygen atoms in total. The molecule has 444 valence electrons. The number of carbonyl (C=O) groups excluding carboxylic acids is 1. The van der Waals surface area contributed by atoms with Crippen molar-refractivity contribution >= 4 is 13.7 Å². The van der Waals surface area contributed by atoms with Crippen molar-refractivity contribution in [2.75, 3.05) is 40.9 Å². The average molecular weight is 1080 g/mol.